The van der Waals surface area contributed by atoms with Gasteiger partial charge in [-0.1, -0.05) is 45.2 Å². The molecular weight excluding hydrogens is 409 g/mol. The molecule has 178 valence electrons. The van der Waals surface area contributed by atoms with Gasteiger partial charge in [-0.25, -0.2) is 4.39 Å². The third kappa shape index (κ3) is 5.03. The lowest BCUT2D eigenvalue weighted by molar-refractivity contribution is -0.155. The topological polar surface area (TPSA) is 90.7 Å². The Balaban J connectivity index is 2.07. The van der Waals surface area contributed by atoms with Crippen LogP contribution in [0, 0.1) is 11.7 Å². The Bertz CT molecular complexity index is 768. The minimum Gasteiger partial charge on any atom is -0.367 e. The number of hydrogen-bond acceptors (Lipinski definition) is 6. The summed E-state index contributed by atoms with van der Waals surface area (Å²) < 4.78 is 13.8. The minimum atomic E-state index is -1.63. The van der Waals surface area contributed by atoms with Crippen LogP contribution in [0.3, 0.4) is 0 Å². The number of halogens is 1. The second-order valence-corrected chi connectivity index (χ2v) is 9.01. The van der Waals surface area contributed by atoms with Gasteiger partial charge in [0.05, 0.1) is 6.17 Å². The third-order valence-corrected chi connectivity index (χ3v) is 6.88. The molecule has 1 aromatic carbocycles. The quantitative estimate of drug-likeness (QED) is 0.371. The zero-order valence-corrected chi connectivity index (χ0v) is 19.4. The van der Waals surface area contributed by atoms with E-state index in [0.717, 1.165) is 45.4 Å². The number of hydrogen-bond donors (Lipinski definition) is 3. The van der Waals surface area contributed by atoms with Gasteiger partial charge in [-0.05, 0) is 24.1 Å². The fraction of sp³-hybridized carbons (Fsp3) is 0.667. The van der Waals surface area contributed by atoms with Gasteiger partial charge in [0.25, 0.3) is 0 Å². The van der Waals surface area contributed by atoms with Crippen molar-refractivity contribution < 1.29 is 14.0 Å². The summed E-state index contributed by atoms with van der Waals surface area (Å²) >= 11 is 0. The van der Waals surface area contributed by atoms with Crippen molar-refractivity contribution in [2.24, 2.45) is 11.7 Å². The number of carbonyl (C=O) groups is 2. The van der Waals surface area contributed by atoms with E-state index in [1.165, 1.54) is 12.1 Å². The predicted octanol–water partition coefficient (Wildman–Crippen LogP) is 1.43. The van der Waals surface area contributed by atoms with Crippen LogP contribution in [0.25, 0.3) is 0 Å². The standard InChI is InChI=1S/C24H38FN5O2/c1-3-4-5-6-18(2)22(31)24(23(26)32,19-7-9-20(25)10-8-19)30-16-13-28-17-21(30)29-14-11-27-12-15-29/h7-10,18,21,27-28H,3-6,11-17H2,1-2H3,(H2,26,32). The smallest absolute Gasteiger partial charge is 0.250 e. The molecule has 0 aliphatic carbocycles. The van der Waals surface area contributed by atoms with Crippen molar-refractivity contribution in [3.63, 3.8) is 0 Å². The van der Waals surface area contributed by atoms with Gasteiger partial charge in [-0.15, -0.1) is 0 Å². The number of rotatable bonds is 10. The molecule has 2 saturated heterocycles. The lowest BCUT2D eigenvalue weighted by atomic mass is 9.76. The van der Waals surface area contributed by atoms with Crippen molar-refractivity contribution in [3.8, 4) is 0 Å². The molecule has 4 N–H and O–H groups in total. The van der Waals surface area contributed by atoms with E-state index in [-0.39, 0.29) is 17.9 Å². The first-order valence-corrected chi connectivity index (χ1v) is 11.9. The maximum absolute atomic E-state index is 14.1. The van der Waals surface area contributed by atoms with Gasteiger partial charge in [0.1, 0.15) is 5.82 Å². The molecule has 2 aliphatic rings. The maximum Gasteiger partial charge on any atom is 0.250 e. The second kappa shape index (κ2) is 11.3. The molecule has 1 amide bonds. The molecule has 1 aromatic rings. The zero-order chi connectivity index (χ0) is 23.1. The molecule has 2 aliphatic heterocycles. The van der Waals surface area contributed by atoms with Gasteiger partial charge in [-0.3, -0.25) is 19.4 Å². The van der Waals surface area contributed by atoms with Crippen molar-refractivity contribution in [3.05, 3.63) is 35.6 Å². The Labute approximate surface area is 190 Å². The number of carbonyl (C=O) groups excluding carboxylic acids is 2. The van der Waals surface area contributed by atoms with E-state index < -0.39 is 17.3 Å². The molecule has 3 unspecified atom stereocenters. The van der Waals surface area contributed by atoms with Gasteiger partial charge in [0.2, 0.25) is 5.91 Å². The lowest BCUT2D eigenvalue weighted by Crippen LogP contribution is -2.72. The van der Waals surface area contributed by atoms with Crippen molar-refractivity contribution in [1.82, 2.24) is 20.4 Å². The van der Waals surface area contributed by atoms with Crippen molar-refractivity contribution >= 4 is 11.7 Å². The number of primary amides is 1. The summed E-state index contributed by atoms with van der Waals surface area (Å²) in [4.78, 5) is 31.7. The van der Waals surface area contributed by atoms with E-state index in [1.807, 2.05) is 11.8 Å². The summed E-state index contributed by atoms with van der Waals surface area (Å²) in [6.45, 7) is 9.14. The lowest BCUT2D eigenvalue weighted by Gasteiger charge is -2.52. The van der Waals surface area contributed by atoms with Gasteiger partial charge >= 0.3 is 0 Å². The van der Waals surface area contributed by atoms with Crippen LogP contribution in [0.4, 0.5) is 4.39 Å². The second-order valence-electron chi connectivity index (χ2n) is 9.01. The first kappa shape index (κ1) is 24.8. The Hall–Kier alpha value is -1.87. The SMILES string of the molecule is CCCCCC(C)C(=O)C(C(N)=O)(c1ccc(F)cc1)N1CCNCC1N1CCNCC1. The molecule has 2 heterocycles. The van der Waals surface area contributed by atoms with E-state index in [2.05, 4.69) is 22.5 Å². The number of nitrogens with one attached hydrogen (secondary N) is 2. The third-order valence-electron chi connectivity index (χ3n) is 6.88. The molecular formula is C24H38FN5O2. The molecule has 0 spiro atoms. The number of Topliss-reactive ketones (excluding diaryl/α,β-unsaturated/α-hetero) is 1. The number of amides is 1. The van der Waals surface area contributed by atoms with Gasteiger partial charge < -0.3 is 16.4 Å². The first-order chi connectivity index (χ1) is 15.4. The Morgan fingerprint density at radius 3 is 2.41 bits per heavy atom. The molecule has 3 atom stereocenters. The van der Waals surface area contributed by atoms with E-state index in [1.54, 1.807) is 12.1 Å². The summed E-state index contributed by atoms with van der Waals surface area (Å²) in [5, 5.41) is 6.77. The number of ketones is 1. The average Bonchev–Trinajstić information content (AvgIpc) is 2.81. The number of unbranched alkanes of at least 4 members (excludes halogenated alkanes) is 2. The molecule has 7 nitrogen and oxygen atoms in total. The van der Waals surface area contributed by atoms with Crippen LogP contribution >= 0.6 is 0 Å². The highest BCUT2D eigenvalue weighted by Gasteiger charge is 2.55. The fourth-order valence-electron chi connectivity index (χ4n) is 5.12. The van der Waals surface area contributed by atoms with E-state index in [4.69, 9.17) is 5.73 Å². The van der Waals surface area contributed by atoms with Gasteiger partial charge in [0, 0.05) is 51.7 Å². The molecule has 2 fully saturated rings. The molecule has 0 bridgehead atoms. The summed E-state index contributed by atoms with van der Waals surface area (Å²) in [6.07, 6.45) is 3.56. The largest absolute Gasteiger partial charge is 0.367 e. The Morgan fingerprint density at radius 1 is 1.12 bits per heavy atom. The van der Waals surface area contributed by atoms with Crippen molar-refractivity contribution in [2.45, 2.75) is 51.2 Å². The predicted molar refractivity (Wildman–Crippen MR) is 123 cm³/mol. The molecule has 0 aromatic heterocycles. The van der Waals surface area contributed by atoms with E-state index in [9.17, 15) is 14.0 Å². The van der Waals surface area contributed by atoms with Crippen LogP contribution in [0.1, 0.15) is 45.1 Å². The van der Waals surface area contributed by atoms with Gasteiger partial charge in [-0.2, -0.15) is 0 Å². The highest BCUT2D eigenvalue weighted by molar-refractivity contribution is 6.11. The molecule has 8 heteroatoms. The number of benzene rings is 1. The summed E-state index contributed by atoms with van der Waals surface area (Å²) in [5.41, 5.74) is 4.94. The number of nitrogens with two attached hydrogens (primary N) is 1. The summed E-state index contributed by atoms with van der Waals surface area (Å²) in [7, 11) is 0. The Kier molecular flexibility index (Phi) is 8.76. The molecule has 32 heavy (non-hydrogen) atoms. The average molecular weight is 448 g/mol. The zero-order valence-electron chi connectivity index (χ0n) is 19.4. The van der Waals surface area contributed by atoms with E-state index in [0.29, 0.717) is 31.6 Å². The highest BCUT2D eigenvalue weighted by Crippen LogP contribution is 2.37. The highest BCUT2D eigenvalue weighted by atomic mass is 19.1. The molecule has 0 saturated carbocycles. The van der Waals surface area contributed by atoms with Crippen LogP contribution in [0.5, 0.6) is 0 Å². The van der Waals surface area contributed by atoms with Crippen molar-refractivity contribution in [2.75, 3.05) is 45.8 Å². The normalized spacial score (nSPS) is 23.4. The van der Waals surface area contributed by atoms with Crippen LogP contribution in [0.15, 0.2) is 24.3 Å². The van der Waals surface area contributed by atoms with Crippen molar-refractivity contribution in [1.29, 1.82) is 0 Å². The minimum absolute atomic E-state index is 0.157. The monoisotopic (exact) mass is 447 g/mol. The number of piperazine rings is 2. The van der Waals surface area contributed by atoms with Crippen LogP contribution < -0.4 is 16.4 Å². The summed E-state index contributed by atoms with van der Waals surface area (Å²) in [5.74, 6) is -1.61. The van der Waals surface area contributed by atoms with Gasteiger partial charge in [0.15, 0.2) is 11.3 Å². The first-order valence-electron chi connectivity index (χ1n) is 11.9. The summed E-state index contributed by atoms with van der Waals surface area (Å²) in [6, 6.07) is 5.72. The molecule has 3 rings (SSSR count). The number of nitrogens with zero attached hydrogens (tertiary/aromatic N) is 2. The van der Waals surface area contributed by atoms with E-state index >= 15 is 0 Å². The maximum atomic E-state index is 14.1. The fourth-order valence-corrected chi connectivity index (χ4v) is 5.12. The van der Waals surface area contributed by atoms with Crippen LogP contribution in [-0.4, -0.2) is 73.5 Å². The molecule has 0 radical (unpaired) electrons. The van der Waals surface area contributed by atoms with Crippen LogP contribution in [0.2, 0.25) is 0 Å². The Morgan fingerprint density at radius 2 is 1.78 bits per heavy atom. The van der Waals surface area contributed by atoms with Crippen LogP contribution in [-0.2, 0) is 15.1 Å².